The van der Waals surface area contributed by atoms with E-state index in [2.05, 4.69) is 0 Å². The van der Waals surface area contributed by atoms with Gasteiger partial charge in [-0.15, -0.1) is 0 Å². The van der Waals surface area contributed by atoms with Gasteiger partial charge in [0.05, 0.1) is 0 Å². The Hall–Kier alpha value is -1.47. The van der Waals surface area contributed by atoms with Gasteiger partial charge in [0.15, 0.2) is 5.78 Å². The molecule has 0 spiro atoms. The van der Waals surface area contributed by atoms with E-state index in [1.165, 1.54) is 0 Å². The Morgan fingerprint density at radius 1 is 0.857 bits per heavy atom. The zero-order valence-electron chi connectivity index (χ0n) is 8.09. The lowest BCUT2D eigenvalue weighted by molar-refractivity contribution is -0.142. The van der Waals surface area contributed by atoms with Crippen LogP contribution in [0.4, 0.5) is 0 Å². The van der Waals surface area contributed by atoms with Crippen LogP contribution in [0.1, 0.15) is 20.8 Å². The molecule has 7 nitrogen and oxygen atoms in total. The average Bonchev–Trinajstić information content (AvgIpc) is 1.83. The number of carbonyl (C=O) groups is 3. The van der Waals surface area contributed by atoms with Gasteiger partial charge in [-0.1, -0.05) is 0 Å². The van der Waals surface area contributed by atoms with E-state index in [9.17, 15) is 4.79 Å². The highest BCUT2D eigenvalue weighted by molar-refractivity contribution is 5.78. The van der Waals surface area contributed by atoms with Gasteiger partial charge in [0.1, 0.15) is 0 Å². The molecule has 14 heavy (non-hydrogen) atoms. The minimum atomic E-state index is -1.79. The number of ketones is 1. The van der Waals surface area contributed by atoms with E-state index in [1.54, 1.807) is 0 Å². The summed E-state index contributed by atoms with van der Waals surface area (Å²) in [7, 11) is 0. The van der Waals surface area contributed by atoms with Crippen LogP contribution < -0.4 is 0 Å². The van der Waals surface area contributed by atoms with Crippen LogP contribution in [0.25, 0.3) is 0 Å². The van der Waals surface area contributed by atoms with Gasteiger partial charge < -0.3 is 20.4 Å². The van der Waals surface area contributed by atoms with E-state index in [4.69, 9.17) is 30.0 Å². The Morgan fingerprint density at radius 3 is 0.929 bits per heavy atom. The van der Waals surface area contributed by atoms with Crippen molar-refractivity contribution in [2.45, 2.75) is 27.1 Å². The molecule has 0 unspecified atom stereocenters. The first-order valence-corrected chi connectivity index (χ1v) is 3.36. The molecule has 0 fully saturated rings. The van der Waals surface area contributed by atoms with E-state index < -0.39 is 24.0 Å². The quantitative estimate of drug-likeness (QED) is 0.411. The lowest BCUT2D eigenvalue weighted by atomic mass is 10.4. The van der Waals surface area contributed by atoms with E-state index in [0.717, 1.165) is 20.8 Å². The Bertz CT molecular complexity index is 164. The third-order valence-electron chi connectivity index (χ3n) is 0.364. The lowest BCUT2D eigenvalue weighted by Gasteiger charge is -1.90. The Morgan fingerprint density at radius 2 is 0.929 bits per heavy atom. The molecule has 4 N–H and O–H groups in total. The predicted octanol–water partition coefficient (Wildman–Crippen LogP) is -0.932. The van der Waals surface area contributed by atoms with Crippen LogP contribution in [0.3, 0.4) is 0 Å². The number of aliphatic hydroxyl groups excluding tert-OH is 1. The van der Waals surface area contributed by atoms with Crippen molar-refractivity contribution < 1.29 is 34.8 Å². The number of carboxylic acid groups (broad SMARTS) is 2. The molecule has 7 heteroatoms. The first-order valence-electron chi connectivity index (χ1n) is 3.36. The normalized spacial score (nSPS) is 7.57. The monoisotopic (exact) mass is 210 g/mol. The van der Waals surface area contributed by atoms with E-state index in [0.29, 0.717) is 0 Å². The number of aliphatic carboxylic acids is 2. The number of aliphatic hydroxyl groups is 2. The maximum absolute atomic E-state index is 9.64. The third kappa shape index (κ3) is 149. The fraction of sp³-hybridized carbons (Fsp3) is 0.571. The van der Waals surface area contributed by atoms with Crippen LogP contribution in [0.2, 0.25) is 0 Å². The minimum absolute atomic E-state index is 0.630. The SMILES string of the molecule is CC(=O)C(O)O.CC(=O)O.CC(=O)O. The largest absolute Gasteiger partial charge is 0.481 e. The van der Waals surface area contributed by atoms with Gasteiger partial charge in [0, 0.05) is 13.8 Å². The van der Waals surface area contributed by atoms with Crippen LogP contribution in [0, 0.1) is 0 Å². The molecule has 0 radical (unpaired) electrons. The molecular formula is C7H14O7. The van der Waals surface area contributed by atoms with Crippen molar-refractivity contribution >= 4 is 17.7 Å². The molecular weight excluding hydrogens is 196 g/mol. The molecule has 0 aliphatic rings. The van der Waals surface area contributed by atoms with Crippen molar-refractivity contribution in [1.29, 1.82) is 0 Å². The molecule has 84 valence electrons. The average molecular weight is 210 g/mol. The summed E-state index contributed by atoms with van der Waals surface area (Å²) in [5.74, 6) is -2.30. The molecule has 0 atom stereocenters. The van der Waals surface area contributed by atoms with Gasteiger partial charge in [-0.2, -0.15) is 0 Å². The van der Waals surface area contributed by atoms with Crippen LogP contribution >= 0.6 is 0 Å². The number of hydrogen-bond acceptors (Lipinski definition) is 5. The molecule has 0 aliphatic carbocycles. The molecule has 0 aromatic carbocycles. The molecule has 0 amide bonds. The summed E-state index contributed by atoms with van der Waals surface area (Å²) < 4.78 is 0. The van der Waals surface area contributed by atoms with Gasteiger partial charge in [-0.25, -0.2) is 0 Å². The lowest BCUT2D eigenvalue weighted by Crippen LogP contribution is -2.14. The predicted molar refractivity (Wildman–Crippen MR) is 45.5 cm³/mol. The summed E-state index contributed by atoms with van der Waals surface area (Å²) in [4.78, 5) is 27.6. The van der Waals surface area contributed by atoms with E-state index >= 15 is 0 Å². The number of hydrogen-bond donors (Lipinski definition) is 4. The summed E-state index contributed by atoms with van der Waals surface area (Å²) in [6.45, 7) is 3.27. The van der Waals surface area contributed by atoms with Crippen LogP contribution in [0.5, 0.6) is 0 Å². The van der Waals surface area contributed by atoms with Crippen molar-refractivity contribution in [3.63, 3.8) is 0 Å². The third-order valence-corrected chi connectivity index (χ3v) is 0.364. The van der Waals surface area contributed by atoms with Gasteiger partial charge in [-0.3, -0.25) is 14.4 Å². The van der Waals surface area contributed by atoms with Crippen molar-refractivity contribution in [3.05, 3.63) is 0 Å². The Kier molecular flexibility index (Phi) is 15.1. The van der Waals surface area contributed by atoms with Gasteiger partial charge >= 0.3 is 0 Å². The van der Waals surface area contributed by atoms with Gasteiger partial charge in [-0.05, 0) is 6.92 Å². The van der Waals surface area contributed by atoms with Crippen molar-refractivity contribution in [2.24, 2.45) is 0 Å². The highest BCUT2D eigenvalue weighted by atomic mass is 16.5. The number of carboxylic acids is 2. The topological polar surface area (TPSA) is 132 Å². The van der Waals surface area contributed by atoms with Crippen LogP contribution in [0.15, 0.2) is 0 Å². The van der Waals surface area contributed by atoms with Crippen molar-refractivity contribution in [2.75, 3.05) is 0 Å². The standard InChI is InChI=1S/C3H6O3.2C2H4O2/c1-2(4)3(5)6;2*1-2(3)4/h3,5-6H,1H3;2*1H3,(H,3,4). The first-order chi connectivity index (χ1) is 6.11. The Labute approximate surface area is 80.6 Å². The minimum Gasteiger partial charge on any atom is -0.481 e. The summed E-state index contributed by atoms with van der Waals surface area (Å²) in [5, 5.41) is 30.5. The van der Waals surface area contributed by atoms with E-state index in [-0.39, 0.29) is 0 Å². The molecule has 0 aromatic rings. The fourth-order valence-electron chi connectivity index (χ4n) is 0. The van der Waals surface area contributed by atoms with Gasteiger partial charge in [0.2, 0.25) is 6.29 Å². The zero-order chi connectivity index (χ0) is 12.3. The van der Waals surface area contributed by atoms with Crippen molar-refractivity contribution in [3.8, 4) is 0 Å². The molecule has 0 rings (SSSR count). The molecule has 0 aromatic heterocycles. The summed E-state index contributed by atoms with van der Waals surface area (Å²) >= 11 is 0. The molecule has 0 saturated heterocycles. The highest BCUT2D eigenvalue weighted by Crippen LogP contribution is 1.72. The molecule has 0 heterocycles. The smallest absolute Gasteiger partial charge is 0.300 e. The van der Waals surface area contributed by atoms with Crippen LogP contribution in [-0.2, 0) is 14.4 Å². The molecule has 0 aliphatic heterocycles. The highest BCUT2D eigenvalue weighted by Gasteiger charge is 1.99. The summed E-state index contributed by atoms with van der Waals surface area (Å²) in [6.07, 6.45) is -1.79. The second-order valence-corrected chi connectivity index (χ2v) is 2.02. The maximum Gasteiger partial charge on any atom is 0.300 e. The number of Topliss-reactive ketones (excluding diaryl/α,β-unsaturated/α-hetero) is 1. The van der Waals surface area contributed by atoms with Crippen molar-refractivity contribution in [1.82, 2.24) is 0 Å². The number of carbonyl (C=O) groups excluding carboxylic acids is 1. The second kappa shape index (κ2) is 11.5. The number of rotatable bonds is 1. The van der Waals surface area contributed by atoms with E-state index in [1.807, 2.05) is 0 Å². The summed E-state index contributed by atoms with van der Waals surface area (Å²) in [6, 6.07) is 0. The Balaban J connectivity index is -0.000000135. The zero-order valence-corrected chi connectivity index (χ0v) is 8.09. The molecule has 0 bridgehead atoms. The summed E-state index contributed by atoms with van der Waals surface area (Å²) in [5.41, 5.74) is 0. The molecule has 0 saturated carbocycles. The first kappa shape index (κ1) is 18.3. The van der Waals surface area contributed by atoms with Gasteiger partial charge in [0.25, 0.3) is 11.9 Å². The second-order valence-electron chi connectivity index (χ2n) is 2.02. The van der Waals surface area contributed by atoms with Crippen LogP contribution in [-0.4, -0.2) is 44.4 Å². The fourth-order valence-corrected chi connectivity index (χ4v) is 0. The maximum atomic E-state index is 9.64.